The van der Waals surface area contributed by atoms with E-state index in [2.05, 4.69) is 11.1 Å². The van der Waals surface area contributed by atoms with Gasteiger partial charge in [0.05, 0.1) is 12.1 Å². The number of carbonyl (C=O) groups excluding carboxylic acids is 1. The van der Waals surface area contributed by atoms with E-state index in [-0.39, 0.29) is 6.54 Å². The van der Waals surface area contributed by atoms with Crippen molar-refractivity contribution in [3.8, 4) is 0 Å². The molecule has 0 saturated heterocycles. The van der Waals surface area contributed by atoms with Crippen molar-refractivity contribution in [1.29, 1.82) is 0 Å². The number of rotatable bonds is 6. The molecule has 6 N–H and O–H groups in total. The van der Waals surface area contributed by atoms with Gasteiger partial charge in [-0.3, -0.25) is 0 Å². The molecule has 2 atom stereocenters. The molecule has 1 amide bonds. The molecule has 1 aromatic carbocycles. The summed E-state index contributed by atoms with van der Waals surface area (Å²) in [5.41, 5.74) is 12.5. The van der Waals surface area contributed by atoms with Gasteiger partial charge in [-0.05, 0) is 58.4 Å². The second-order valence-corrected chi connectivity index (χ2v) is 7.06. The zero-order valence-corrected chi connectivity index (χ0v) is 21.3. The van der Waals surface area contributed by atoms with E-state index in [1.54, 1.807) is 27.7 Å². The summed E-state index contributed by atoms with van der Waals surface area (Å²) in [6.07, 6.45) is 2.30. The van der Waals surface area contributed by atoms with Crippen LogP contribution in [0.15, 0.2) is 48.1 Å². The van der Waals surface area contributed by atoms with E-state index >= 15 is 0 Å². The van der Waals surface area contributed by atoms with Crippen LogP contribution >= 0.6 is 0 Å². The minimum atomic E-state index is -0.891. The number of amides is 1. The number of alkyl carbamates (subject to hydrolysis) is 1. The van der Waals surface area contributed by atoms with Gasteiger partial charge in [0.2, 0.25) is 0 Å². The fraction of sp³-hybridized carbons (Fsp3) is 0.560. The van der Waals surface area contributed by atoms with Crippen LogP contribution in [0.4, 0.5) is 4.79 Å². The molecule has 0 saturated carbocycles. The van der Waals surface area contributed by atoms with Crippen molar-refractivity contribution < 1.29 is 14.6 Å². The largest absolute Gasteiger partial charge is 0.444 e. The van der Waals surface area contributed by atoms with Crippen molar-refractivity contribution in [2.24, 2.45) is 11.5 Å². The monoisotopic (exact) mass is 437 g/mol. The van der Waals surface area contributed by atoms with Crippen LogP contribution in [0.1, 0.15) is 67.9 Å². The SMILES string of the molecule is C/C(=C\C=C(/C)C(O)C(CN)NC(=O)OC(C)(C)C)c1ccccc1.CC.CC.CN. The van der Waals surface area contributed by atoms with E-state index < -0.39 is 23.8 Å². The Morgan fingerprint density at radius 2 is 1.55 bits per heavy atom. The molecule has 2 unspecified atom stereocenters. The molecule has 180 valence electrons. The fourth-order valence-corrected chi connectivity index (χ4v) is 2.20. The van der Waals surface area contributed by atoms with Crippen LogP contribution in [0.3, 0.4) is 0 Å². The van der Waals surface area contributed by atoms with Crippen molar-refractivity contribution >= 4 is 11.7 Å². The van der Waals surface area contributed by atoms with Gasteiger partial charge in [0.1, 0.15) is 5.60 Å². The van der Waals surface area contributed by atoms with Gasteiger partial charge >= 0.3 is 6.09 Å². The normalized spacial score (nSPS) is 13.1. The number of ether oxygens (including phenoxy) is 1. The maximum Gasteiger partial charge on any atom is 0.408 e. The highest BCUT2D eigenvalue weighted by molar-refractivity contribution is 5.68. The smallest absolute Gasteiger partial charge is 0.408 e. The highest BCUT2D eigenvalue weighted by Crippen LogP contribution is 2.15. The lowest BCUT2D eigenvalue weighted by Gasteiger charge is -2.26. The molecule has 0 aliphatic rings. The number of benzene rings is 1. The number of hydrogen-bond acceptors (Lipinski definition) is 5. The van der Waals surface area contributed by atoms with E-state index in [1.807, 2.05) is 77.1 Å². The van der Waals surface area contributed by atoms with E-state index in [0.717, 1.165) is 11.1 Å². The molecule has 0 radical (unpaired) electrons. The molecule has 6 nitrogen and oxygen atoms in total. The van der Waals surface area contributed by atoms with Gasteiger partial charge < -0.3 is 26.6 Å². The molecule has 1 rings (SSSR count). The molecular formula is C25H47N3O3. The number of nitrogens with one attached hydrogen (secondary N) is 1. The van der Waals surface area contributed by atoms with Gasteiger partial charge in [-0.25, -0.2) is 4.79 Å². The van der Waals surface area contributed by atoms with Gasteiger partial charge in [-0.15, -0.1) is 0 Å². The van der Waals surface area contributed by atoms with Crippen LogP contribution in [-0.2, 0) is 4.74 Å². The van der Waals surface area contributed by atoms with Crippen molar-refractivity contribution in [2.45, 2.75) is 80.1 Å². The van der Waals surface area contributed by atoms with Crippen LogP contribution in [-0.4, -0.2) is 42.5 Å². The lowest BCUT2D eigenvalue weighted by Crippen LogP contribution is -2.49. The number of nitrogens with two attached hydrogens (primary N) is 2. The van der Waals surface area contributed by atoms with Crippen LogP contribution in [0.25, 0.3) is 5.57 Å². The Bertz CT molecular complexity index is 621. The number of aliphatic hydroxyl groups excluding tert-OH is 1. The molecular weight excluding hydrogens is 390 g/mol. The zero-order valence-electron chi connectivity index (χ0n) is 21.3. The number of allylic oxidation sites excluding steroid dienone is 3. The van der Waals surface area contributed by atoms with Crippen LogP contribution in [0.5, 0.6) is 0 Å². The lowest BCUT2D eigenvalue weighted by molar-refractivity contribution is 0.0454. The summed E-state index contributed by atoms with van der Waals surface area (Å²) in [5.74, 6) is 0. The predicted molar refractivity (Wildman–Crippen MR) is 135 cm³/mol. The molecule has 31 heavy (non-hydrogen) atoms. The number of hydrogen-bond donors (Lipinski definition) is 4. The summed E-state index contributed by atoms with van der Waals surface area (Å²) in [4.78, 5) is 11.9. The van der Waals surface area contributed by atoms with Crippen LogP contribution in [0, 0.1) is 0 Å². The Morgan fingerprint density at radius 1 is 1.06 bits per heavy atom. The van der Waals surface area contributed by atoms with Gasteiger partial charge in [0.15, 0.2) is 0 Å². The predicted octanol–water partition coefficient (Wildman–Crippen LogP) is 4.88. The molecule has 0 bridgehead atoms. The highest BCUT2D eigenvalue weighted by Gasteiger charge is 2.24. The maximum atomic E-state index is 11.9. The van der Waals surface area contributed by atoms with Crippen molar-refractivity contribution in [3.05, 3.63) is 53.6 Å². The second-order valence-electron chi connectivity index (χ2n) is 7.06. The Labute approximate surface area is 190 Å². The first kappa shape index (κ1) is 33.5. The van der Waals surface area contributed by atoms with Crippen molar-refractivity contribution in [3.63, 3.8) is 0 Å². The third-order valence-electron chi connectivity index (χ3n) is 3.63. The van der Waals surface area contributed by atoms with Gasteiger partial charge in [0.25, 0.3) is 0 Å². The first-order valence-corrected chi connectivity index (χ1v) is 11.0. The average Bonchev–Trinajstić information content (AvgIpc) is 2.78. The molecule has 0 aromatic heterocycles. The van der Waals surface area contributed by atoms with Crippen molar-refractivity contribution in [2.75, 3.05) is 13.6 Å². The molecule has 0 aliphatic carbocycles. The topological polar surface area (TPSA) is 111 Å². The average molecular weight is 438 g/mol. The maximum absolute atomic E-state index is 11.9. The van der Waals surface area contributed by atoms with E-state index in [0.29, 0.717) is 5.57 Å². The fourth-order valence-electron chi connectivity index (χ4n) is 2.20. The zero-order chi connectivity index (χ0) is 25.0. The van der Waals surface area contributed by atoms with Gasteiger partial charge in [0, 0.05) is 6.54 Å². The van der Waals surface area contributed by atoms with Crippen LogP contribution in [0.2, 0.25) is 0 Å². The Hall–Kier alpha value is -2.15. The molecule has 0 aliphatic heterocycles. The second kappa shape index (κ2) is 19.8. The minimum Gasteiger partial charge on any atom is -0.444 e. The molecule has 0 heterocycles. The molecule has 1 aromatic rings. The van der Waals surface area contributed by atoms with E-state index in [4.69, 9.17) is 10.5 Å². The minimum absolute atomic E-state index is 0.104. The summed E-state index contributed by atoms with van der Waals surface area (Å²) in [7, 11) is 1.50. The standard InChI is InChI=1S/C20H30N2O3.2C2H6.CH5N/c1-14(16-9-7-6-8-10-16)11-12-15(2)18(23)17(13-21)22-19(24)25-20(3,4)5;3*1-2/h6-12,17-18,23H,13,21H2,1-5H3,(H,22,24);2*1-2H3;2H2,1H3/b14-11+,15-12+;;;. The van der Waals surface area contributed by atoms with Crippen molar-refractivity contribution in [1.82, 2.24) is 5.32 Å². The third-order valence-corrected chi connectivity index (χ3v) is 3.63. The van der Waals surface area contributed by atoms with Crippen LogP contribution < -0.4 is 16.8 Å². The summed E-state index contributed by atoms with van der Waals surface area (Å²) in [6, 6.07) is 9.36. The van der Waals surface area contributed by atoms with E-state index in [9.17, 15) is 9.90 Å². The Balaban J connectivity index is -0.00000120. The van der Waals surface area contributed by atoms with Gasteiger partial charge in [-0.2, -0.15) is 0 Å². The highest BCUT2D eigenvalue weighted by atomic mass is 16.6. The van der Waals surface area contributed by atoms with Gasteiger partial charge in [-0.1, -0.05) is 70.2 Å². The summed E-state index contributed by atoms with van der Waals surface area (Å²) >= 11 is 0. The third kappa shape index (κ3) is 16.2. The summed E-state index contributed by atoms with van der Waals surface area (Å²) < 4.78 is 5.21. The van der Waals surface area contributed by atoms with E-state index in [1.165, 1.54) is 7.05 Å². The number of aliphatic hydroxyl groups is 1. The summed E-state index contributed by atoms with van der Waals surface area (Å²) in [6.45, 7) is 17.3. The lowest BCUT2D eigenvalue weighted by atomic mass is 10.0. The number of carbonyl (C=O) groups is 1. The first-order chi connectivity index (χ1) is 14.6. The molecule has 6 heteroatoms. The molecule has 0 spiro atoms. The first-order valence-electron chi connectivity index (χ1n) is 11.0. The Kier molecular flexibility index (Phi) is 21.4. The molecule has 0 fully saturated rings. The summed E-state index contributed by atoms with van der Waals surface area (Å²) in [5, 5.41) is 13.1. The quantitative estimate of drug-likeness (QED) is 0.474. The Morgan fingerprint density at radius 3 is 1.97 bits per heavy atom.